The molecule has 8 nitrogen and oxygen atoms in total. The number of hydrogen-bond acceptors (Lipinski definition) is 7. The highest BCUT2D eigenvalue weighted by atomic mass is 31.2. The minimum absolute atomic E-state index is 0.000275. The molecule has 1 aliphatic rings. The van der Waals surface area contributed by atoms with Crippen LogP contribution in [0.25, 0.3) is 0 Å². The molecule has 0 radical (unpaired) electrons. The van der Waals surface area contributed by atoms with Gasteiger partial charge in [0.05, 0.1) is 13.2 Å². The van der Waals surface area contributed by atoms with Crippen molar-refractivity contribution in [2.24, 2.45) is 0 Å². The van der Waals surface area contributed by atoms with Crippen LogP contribution in [0.5, 0.6) is 0 Å². The van der Waals surface area contributed by atoms with Crippen LogP contribution in [0.15, 0.2) is 23.3 Å². The van der Waals surface area contributed by atoms with E-state index in [1.807, 2.05) is 13.0 Å². The Morgan fingerprint density at radius 3 is 1.69 bits per heavy atom. The fraction of sp³-hybridized carbons (Fsp3) is 0.879. The number of phosphoric ester groups is 1. The lowest BCUT2D eigenvalue weighted by molar-refractivity contribution is -0.124. The second-order valence-electron chi connectivity index (χ2n) is 17.5. The number of allylic oxidation sites excluding steroid dienone is 3. The molecule has 1 heterocycles. The number of phosphoric acid groups is 1. The summed E-state index contributed by atoms with van der Waals surface area (Å²) in [6.45, 7) is 39.1. The minimum atomic E-state index is -4.52. The van der Waals surface area contributed by atoms with Crippen LogP contribution in [0.3, 0.4) is 0 Å². The number of ether oxygens (including phenoxy) is 1. The number of hydrogen-bond donors (Lipinski definition) is 1. The van der Waals surface area contributed by atoms with Gasteiger partial charge in [0.1, 0.15) is 18.3 Å². The first-order valence-corrected chi connectivity index (χ1v) is 26.7. The number of rotatable bonds is 15. The van der Waals surface area contributed by atoms with Gasteiger partial charge in [0.25, 0.3) is 0 Å². The van der Waals surface area contributed by atoms with Crippen LogP contribution in [0.4, 0.5) is 0 Å². The van der Waals surface area contributed by atoms with E-state index >= 15 is 0 Å². The molecule has 5 atom stereocenters. The highest BCUT2D eigenvalue weighted by Gasteiger charge is 2.56. The first-order valence-electron chi connectivity index (χ1n) is 16.5. The van der Waals surface area contributed by atoms with Gasteiger partial charge in [0, 0.05) is 0 Å². The van der Waals surface area contributed by atoms with Crippen molar-refractivity contribution in [1.82, 2.24) is 0 Å². The highest BCUT2D eigenvalue weighted by molar-refractivity contribution is 7.47. The Kier molecular flexibility index (Phi) is 15.1. The molecule has 0 saturated carbocycles. The van der Waals surface area contributed by atoms with E-state index in [1.165, 1.54) is 5.57 Å². The van der Waals surface area contributed by atoms with Crippen molar-refractivity contribution < 1.29 is 36.5 Å². The van der Waals surface area contributed by atoms with Gasteiger partial charge in [-0.15, -0.1) is 0 Å². The lowest BCUT2D eigenvalue weighted by Gasteiger charge is -2.44. The van der Waals surface area contributed by atoms with E-state index in [0.717, 1.165) is 18.4 Å². The molecular weight excluding hydrogens is 640 g/mol. The zero-order valence-electron chi connectivity index (χ0n) is 32.0. The van der Waals surface area contributed by atoms with E-state index in [1.54, 1.807) is 0 Å². The van der Waals surface area contributed by atoms with Crippen molar-refractivity contribution in [2.75, 3.05) is 13.2 Å². The van der Waals surface area contributed by atoms with Crippen molar-refractivity contribution >= 4 is 32.8 Å². The predicted octanol–water partition coefficient (Wildman–Crippen LogP) is 10.3. The Balaban J connectivity index is 3.45. The minimum Gasteiger partial charge on any atom is -0.414 e. The molecule has 266 valence electrons. The molecule has 0 bridgehead atoms. The summed E-state index contributed by atoms with van der Waals surface area (Å²) >= 11 is 0. The summed E-state index contributed by atoms with van der Waals surface area (Å²) < 4.78 is 51.8. The molecule has 1 aliphatic heterocycles. The van der Waals surface area contributed by atoms with Crippen LogP contribution in [-0.2, 0) is 31.6 Å². The molecule has 0 aromatic heterocycles. The average Bonchev–Trinajstić information content (AvgIpc) is 3.09. The predicted molar refractivity (Wildman–Crippen MR) is 195 cm³/mol. The second kappa shape index (κ2) is 15.7. The van der Waals surface area contributed by atoms with Crippen LogP contribution in [0.2, 0.25) is 54.4 Å². The Labute approximate surface area is 280 Å². The smallest absolute Gasteiger partial charge is 0.414 e. The highest BCUT2D eigenvalue weighted by Crippen LogP contribution is 2.50. The van der Waals surface area contributed by atoms with Gasteiger partial charge in [0.2, 0.25) is 0 Å². The topological polar surface area (TPSA) is 92.7 Å². The summed E-state index contributed by atoms with van der Waals surface area (Å²) in [7, 11) is -11.4. The molecule has 0 aliphatic carbocycles. The molecule has 1 fully saturated rings. The lowest BCUT2D eigenvalue weighted by Crippen LogP contribution is -2.55. The molecule has 2 unspecified atom stereocenters. The molecule has 1 N–H and O–H groups in total. The third kappa shape index (κ3) is 13.1. The van der Waals surface area contributed by atoms with Crippen molar-refractivity contribution in [3.05, 3.63) is 23.3 Å². The van der Waals surface area contributed by atoms with Gasteiger partial charge in [-0.1, -0.05) is 85.6 Å². The van der Waals surface area contributed by atoms with Crippen LogP contribution >= 0.6 is 7.82 Å². The van der Waals surface area contributed by atoms with E-state index in [2.05, 4.69) is 122 Å². The van der Waals surface area contributed by atoms with Crippen LogP contribution in [0.1, 0.15) is 95.9 Å². The van der Waals surface area contributed by atoms with Crippen LogP contribution in [-0.4, -0.2) is 67.7 Å². The van der Waals surface area contributed by atoms with E-state index in [9.17, 15) is 9.46 Å². The quantitative estimate of drug-likeness (QED) is 0.102. The molecule has 0 aromatic rings. The van der Waals surface area contributed by atoms with E-state index in [-0.39, 0.29) is 28.3 Å². The van der Waals surface area contributed by atoms with Crippen molar-refractivity contribution in [2.45, 2.75) is 175 Å². The molecule has 45 heavy (non-hydrogen) atoms. The van der Waals surface area contributed by atoms with E-state index in [4.69, 9.17) is 27.1 Å². The fourth-order valence-corrected chi connectivity index (χ4v) is 8.21. The summed E-state index contributed by atoms with van der Waals surface area (Å²) in [4.78, 5) is 10.9. The van der Waals surface area contributed by atoms with Crippen molar-refractivity contribution in [3.63, 3.8) is 0 Å². The Bertz CT molecular complexity index is 1060. The Morgan fingerprint density at radius 2 is 1.24 bits per heavy atom. The largest absolute Gasteiger partial charge is 0.474 e. The van der Waals surface area contributed by atoms with Gasteiger partial charge in [-0.05, 0) is 88.0 Å². The first-order chi connectivity index (χ1) is 19.9. The molecule has 0 amide bonds. The van der Waals surface area contributed by atoms with E-state index < -0.39 is 57.4 Å². The van der Waals surface area contributed by atoms with Gasteiger partial charge in [-0.2, -0.15) is 0 Å². The molecule has 1 saturated heterocycles. The maximum atomic E-state index is 13.4. The molecule has 0 aromatic carbocycles. The van der Waals surface area contributed by atoms with E-state index in [0.29, 0.717) is 0 Å². The molecule has 1 rings (SSSR count). The van der Waals surface area contributed by atoms with Gasteiger partial charge in [0.15, 0.2) is 31.2 Å². The first kappa shape index (κ1) is 43.1. The fourth-order valence-electron chi connectivity index (χ4n) is 3.85. The Morgan fingerprint density at radius 1 is 0.778 bits per heavy atom. The van der Waals surface area contributed by atoms with Gasteiger partial charge in [-0.3, -0.25) is 9.05 Å². The van der Waals surface area contributed by atoms with Gasteiger partial charge >= 0.3 is 7.82 Å². The Hall–Kier alpha value is 0.0806. The maximum Gasteiger partial charge on any atom is 0.474 e. The van der Waals surface area contributed by atoms with Gasteiger partial charge in [-0.25, -0.2) is 4.57 Å². The summed E-state index contributed by atoms with van der Waals surface area (Å²) in [5.74, 6) is 0. The summed E-state index contributed by atoms with van der Waals surface area (Å²) in [6.07, 6.45) is 2.75. The summed E-state index contributed by atoms with van der Waals surface area (Å²) in [6, 6.07) is 0. The summed E-state index contributed by atoms with van der Waals surface area (Å²) in [5.41, 5.74) is 2.34. The second-order valence-corrected chi connectivity index (χ2v) is 33.3. The third-order valence-corrected chi connectivity index (χ3v) is 24.6. The van der Waals surface area contributed by atoms with Crippen molar-refractivity contribution in [3.8, 4) is 0 Å². The molecule has 12 heteroatoms. The van der Waals surface area contributed by atoms with Crippen LogP contribution in [0, 0.1) is 0 Å². The lowest BCUT2D eigenvalue weighted by atomic mass is 10.1. The third-order valence-electron chi connectivity index (χ3n) is 10.2. The SMILES string of the molecule is CC(C)=CCC/C(C)=C/COP(=O)(O)OC1O[C@H](CO[Si](C)(C)C(C)(C)C)[C@@H](O[Si](C)(C)C(C)(C)C)[C@H]1O[Si](C)(C)C(C)(C)C. The maximum absolute atomic E-state index is 13.4. The monoisotopic (exact) mass is 708 g/mol. The molecule has 0 spiro atoms. The van der Waals surface area contributed by atoms with Crippen molar-refractivity contribution in [1.29, 1.82) is 0 Å². The average molecular weight is 709 g/mol. The molecular formula is C33H69O8PSi3. The van der Waals surface area contributed by atoms with Crippen LogP contribution < -0.4 is 0 Å². The standard InChI is InChI=1S/C33H69O8PSi3/c1-25(2)20-19-21-26(3)22-23-36-42(34,35)39-30-29(41-45(17,18)33(10,11)12)28(40-44(15,16)32(7,8)9)27(38-30)24-37-43(13,14)31(4,5)6/h20,22,27-30H,19,21,23-24H2,1-18H3,(H,34,35)/b26-22+/t27-,28-,29-,30?/m1/s1. The summed E-state index contributed by atoms with van der Waals surface area (Å²) in [5, 5.41) is -0.203. The zero-order chi connectivity index (χ0) is 35.4. The normalized spacial score (nSPS) is 24.1. The van der Waals surface area contributed by atoms with Gasteiger partial charge < -0.3 is 22.9 Å². The zero-order valence-corrected chi connectivity index (χ0v) is 35.9.